The van der Waals surface area contributed by atoms with Crippen LogP contribution in [-0.4, -0.2) is 37.0 Å². The van der Waals surface area contributed by atoms with Gasteiger partial charge in [0, 0.05) is 11.6 Å². The zero-order valence-electron chi connectivity index (χ0n) is 16.5. The van der Waals surface area contributed by atoms with Gasteiger partial charge in [0.15, 0.2) is 6.61 Å². The molecule has 2 aromatic carbocycles. The minimum absolute atomic E-state index is 0.0266. The molecule has 5 heteroatoms. The van der Waals surface area contributed by atoms with Gasteiger partial charge in [0.05, 0.1) is 6.04 Å². The highest BCUT2D eigenvalue weighted by atomic mass is 35.5. The van der Waals surface area contributed by atoms with E-state index in [1.165, 1.54) is 30.4 Å². The van der Waals surface area contributed by atoms with Crippen LogP contribution in [0.2, 0.25) is 5.02 Å². The third-order valence-corrected chi connectivity index (χ3v) is 5.53. The second kappa shape index (κ2) is 10.5. The monoisotopic (exact) mass is 400 g/mol. The Morgan fingerprint density at radius 3 is 2.39 bits per heavy atom. The Balaban J connectivity index is 1.55. The molecule has 1 saturated heterocycles. The lowest BCUT2D eigenvalue weighted by molar-refractivity contribution is -0.123. The largest absolute Gasteiger partial charge is 0.484 e. The van der Waals surface area contributed by atoms with Crippen molar-refractivity contribution in [3.05, 3.63) is 64.7 Å². The molecule has 0 unspecified atom stereocenters. The van der Waals surface area contributed by atoms with E-state index in [9.17, 15) is 4.79 Å². The fourth-order valence-corrected chi connectivity index (χ4v) is 3.73. The van der Waals surface area contributed by atoms with Crippen LogP contribution in [0.4, 0.5) is 0 Å². The van der Waals surface area contributed by atoms with Crippen molar-refractivity contribution in [1.29, 1.82) is 0 Å². The van der Waals surface area contributed by atoms with Gasteiger partial charge in [0.25, 0.3) is 5.91 Å². The van der Waals surface area contributed by atoms with Gasteiger partial charge < -0.3 is 10.1 Å². The van der Waals surface area contributed by atoms with E-state index in [1.54, 1.807) is 0 Å². The number of carbonyl (C=O) groups is 1. The third-order valence-electron chi connectivity index (χ3n) is 5.28. The third kappa shape index (κ3) is 5.98. The summed E-state index contributed by atoms with van der Waals surface area (Å²) < 4.78 is 5.62. The molecule has 0 aliphatic carbocycles. The van der Waals surface area contributed by atoms with Crippen LogP contribution in [0.5, 0.6) is 5.75 Å². The first-order chi connectivity index (χ1) is 13.7. The van der Waals surface area contributed by atoms with Gasteiger partial charge in [-0.1, -0.05) is 49.2 Å². The molecule has 1 amide bonds. The van der Waals surface area contributed by atoms with E-state index >= 15 is 0 Å². The molecule has 0 saturated carbocycles. The highest BCUT2D eigenvalue weighted by Crippen LogP contribution is 2.25. The quantitative estimate of drug-likeness (QED) is 0.702. The summed E-state index contributed by atoms with van der Waals surface area (Å²) in [6.07, 6.45) is 4.67. The highest BCUT2D eigenvalue weighted by molar-refractivity contribution is 6.30. The molecule has 0 spiro atoms. The first-order valence-electron chi connectivity index (χ1n) is 10.1. The topological polar surface area (TPSA) is 41.6 Å². The summed E-state index contributed by atoms with van der Waals surface area (Å²) in [5, 5.41) is 3.78. The molecular weight excluding hydrogens is 372 g/mol. The van der Waals surface area contributed by atoms with Crippen molar-refractivity contribution in [2.24, 2.45) is 0 Å². The Bertz CT molecular complexity index is 740. The molecule has 4 nitrogen and oxygen atoms in total. The van der Waals surface area contributed by atoms with Crippen molar-refractivity contribution in [2.45, 2.75) is 38.6 Å². The number of piperidine rings is 1. The molecular formula is C23H29ClN2O2. The molecule has 1 aliphatic rings. The Hall–Kier alpha value is -2.04. The first kappa shape index (κ1) is 20.7. The molecule has 0 radical (unpaired) electrons. The molecule has 3 rings (SSSR count). The molecule has 28 heavy (non-hydrogen) atoms. The lowest BCUT2D eigenvalue weighted by atomic mass is 10.0. The molecule has 1 atom stereocenters. The molecule has 0 aromatic heterocycles. The Morgan fingerprint density at radius 2 is 1.75 bits per heavy atom. The Kier molecular flexibility index (Phi) is 7.75. The summed E-state index contributed by atoms with van der Waals surface area (Å²) >= 11 is 6.05. The fraction of sp³-hybridized carbons (Fsp3) is 0.435. The maximum absolute atomic E-state index is 12.3. The predicted molar refractivity (Wildman–Crippen MR) is 114 cm³/mol. The van der Waals surface area contributed by atoms with Crippen molar-refractivity contribution in [3.63, 3.8) is 0 Å². The Labute approximate surface area is 172 Å². The first-order valence-corrected chi connectivity index (χ1v) is 10.5. The summed E-state index contributed by atoms with van der Waals surface area (Å²) in [7, 11) is 0. The van der Waals surface area contributed by atoms with Crippen LogP contribution < -0.4 is 10.1 Å². The SMILES string of the molecule is CCc1ccc(OCC(=O)NC[C@H](c2ccc(Cl)cc2)N2CCCCC2)cc1. The molecule has 0 bridgehead atoms. The number of nitrogens with zero attached hydrogens (tertiary/aromatic N) is 1. The molecule has 1 aliphatic heterocycles. The number of carbonyl (C=O) groups excluding carboxylic acids is 1. The van der Waals surface area contributed by atoms with Crippen molar-refractivity contribution < 1.29 is 9.53 Å². The van der Waals surface area contributed by atoms with Gasteiger partial charge in [-0.25, -0.2) is 0 Å². The summed E-state index contributed by atoms with van der Waals surface area (Å²) in [6, 6.07) is 16.0. The summed E-state index contributed by atoms with van der Waals surface area (Å²) in [6.45, 7) is 4.83. The van der Waals surface area contributed by atoms with E-state index < -0.39 is 0 Å². The van der Waals surface area contributed by atoms with Crippen LogP contribution in [0.3, 0.4) is 0 Å². The van der Waals surface area contributed by atoms with Crippen molar-refractivity contribution in [3.8, 4) is 5.75 Å². The highest BCUT2D eigenvalue weighted by Gasteiger charge is 2.23. The normalized spacial score (nSPS) is 15.8. The maximum Gasteiger partial charge on any atom is 0.258 e. The van der Waals surface area contributed by atoms with Crippen molar-refractivity contribution >= 4 is 17.5 Å². The van der Waals surface area contributed by atoms with Gasteiger partial charge in [-0.2, -0.15) is 0 Å². The van der Waals surface area contributed by atoms with Gasteiger partial charge in [0.1, 0.15) is 5.75 Å². The number of amides is 1. The van der Waals surface area contributed by atoms with Gasteiger partial charge in [-0.15, -0.1) is 0 Å². The number of rotatable bonds is 8. The minimum Gasteiger partial charge on any atom is -0.484 e. The second-order valence-corrected chi connectivity index (χ2v) is 7.69. The number of halogens is 1. The van der Waals surface area contributed by atoms with Crippen LogP contribution in [-0.2, 0) is 11.2 Å². The summed E-state index contributed by atoms with van der Waals surface area (Å²) in [4.78, 5) is 14.8. The van der Waals surface area contributed by atoms with E-state index in [-0.39, 0.29) is 18.6 Å². The van der Waals surface area contributed by atoms with Crippen LogP contribution >= 0.6 is 11.6 Å². The lowest BCUT2D eigenvalue weighted by Crippen LogP contribution is -2.41. The minimum atomic E-state index is -0.101. The molecule has 1 fully saturated rings. The average Bonchev–Trinajstić information content (AvgIpc) is 2.75. The van der Waals surface area contributed by atoms with Crippen molar-refractivity contribution in [1.82, 2.24) is 10.2 Å². The second-order valence-electron chi connectivity index (χ2n) is 7.25. The number of nitrogens with one attached hydrogen (secondary N) is 1. The van der Waals surface area contributed by atoms with Crippen LogP contribution in [0, 0.1) is 0 Å². The number of hydrogen-bond acceptors (Lipinski definition) is 3. The number of aryl methyl sites for hydroxylation is 1. The zero-order valence-corrected chi connectivity index (χ0v) is 17.3. The standard InChI is InChI=1S/C23H29ClN2O2/c1-2-18-6-12-21(13-7-18)28-17-23(27)25-16-22(26-14-4-3-5-15-26)19-8-10-20(24)11-9-19/h6-13,22H,2-5,14-17H2,1H3,(H,25,27)/t22-/m1/s1. The van der Waals surface area contributed by atoms with Crippen LogP contribution in [0.15, 0.2) is 48.5 Å². The fourth-order valence-electron chi connectivity index (χ4n) is 3.60. The number of ether oxygens (including phenoxy) is 1. The van der Waals surface area contributed by atoms with Gasteiger partial charge in [0.2, 0.25) is 0 Å². The molecule has 1 heterocycles. The van der Waals surface area contributed by atoms with Gasteiger partial charge in [-0.3, -0.25) is 9.69 Å². The molecule has 1 N–H and O–H groups in total. The molecule has 150 valence electrons. The van der Waals surface area contributed by atoms with Gasteiger partial charge in [-0.05, 0) is 67.7 Å². The maximum atomic E-state index is 12.3. The lowest BCUT2D eigenvalue weighted by Gasteiger charge is -2.35. The van der Waals surface area contributed by atoms with Gasteiger partial charge >= 0.3 is 0 Å². The van der Waals surface area contributed by atoms with Crippen molar-refractivity contribution in [2.75, 3.05) is 26.2 Å². The summed E-state index contributed by atoms with van der Waals surface area (Å²) in [5.41, 5.74) is 2.44. The number of benzene rings is 2. The van der Waals surface area contributed by atoms with E-state index in [2.05, 4.69) is 29.3 Å². The zero-order chi connectivity index (χ0) is 19.8. The smallest absolute Gasteiger partial charge is 0.258 e. The van der Waals surface area contributed by atoms with Crippen LogP contribution in [0.25, 0.3) is 0 Å². The van der Waals surface area contributed by atoms with E-state index in [0.29, 0.717) is 6.54 Å². The van der Waals surface area contributed by atoms with E-state index in [1.807, 2.05) is 36.4 Å². The van der Waals surface area contributed by atoms with E-state index in [4.69, 9.17) is 16.3 Å². The van der Waals surface area contributed by atoms with Crippen LogP contribution in [0.1, 0.15) is 43.4 Å². The predicted octanol–water partition coefficient (Wildman–Crippen LogP) is 4.62. The van der Waals surface area contributed by atoms with E-state index in [0.717, 1.165) is 30.3 Å². The average molecular weight is 401 g/mol. The molecule has 2 aromatic rings. The Morgan fingerprint density at radius 1 is 1.07 bits per heavy atom. The number of likely N-dealkylation sites (tertiary alicyclic amines) is 1. The number of hydrogen-bond donors (Lipinski definition) is 1. The summed E-state index contributed by atoms with van der Waals surface area (Å²) in [5.74, 6) is 0.619.